The minimum Gasteiger partial charge on any atom is -0.519 e. The van der Waals surface area contributed by atoms with E-state index in [1.165, 1.54) is 12.1 Å². The van der Waals surface area contributed by atoms with Crippen LogP contribution in [-0.4, -0.2) is 18.5 Å². The van der Waals surface area contributed by atoms with E-state index >= 15 is 0 Å². The topological polar surface area (TPSA) is 22.1 Å². The number of ether oxygens (including phenoxy) is 1. The molecule has 0 amide bonds. The van der Waals surface area contributed by atoms with Gasteiger partial charge in [0, 0.05) is 5.39 Å². The number of halogens is 6. The Bertz CT molecular complexity index is 644. The maximum absolute atomic E-state index is 12.3. The number of fused-ring (bicyclic) bond motifs is 1. The average molecular weight is 460 g/mol. The summed E-state index contributed by atoms with van der Waals surface area (Å²) in [4.78, 5) is 3.99. The van der Waals surface area contributed by atoms with Gasteiger partial charge in [-0.25, -0.2) is 4.98 Å². The quantitative estimate of drug-likeness (QED) is 0.397. The second-order valence-corrected chi connectivity index (χ2v) is 5.68. The maximum Gasteiger partial charge on any atom is 1.00 e. The van der Waals surface area contributed by atoms with E-state index in [-0.39, 0.29) is 67.8 Å². The molecule has 0 atom stereocenters. The molecule has 102 valence electrons. The molecule has 0 aliphatic rings. The van der Waals surface area contributed by atoms with E-state index < -0.39 is 13.5 Å². The predicted octanol–water partition coefficient (Wildman–Crippen LogP) is 1.92. The molecule has 1 heterocycles. The normalized spacial score (nSPS) is 11.3. The van der Waals surface area contributed by atoms with Gasteiger partial charge in [0.05, 0.1) is 15.1 Å². The van der Waals surface area contributed by atoms with Crippen molar-refractivity contribution in [2.75, 3.05) is 6.51 Å². The van der Waals surface area contributed by atoms with Gasteiger partial charge in [0.2, 0.25) is 0 Å². The molecular weight excluding hydrogens is 455 g/mol. The van der Waals surface area contributed by atoms with Crippen molar-refractivity contribution in [1.82, 2.24) is 4.98 Å². The summed E-state index contributed by atoms with van der Waals surface area (Å²) in [7, 11) is 0. The minimum absolute atomic E-state index is 0. The van der Waals surface area contributed by atoms with Crippen molar-refractivity contribution in [2.45, 2.75) is 0 Å². The summed E-state index contributed by atoms with van der Waals surface area (Å²) in [6.45, 7) is -6.37. The van der Waals surface area contributed by atoms with Crippen molar-refractivity contribution in [2.24, 2.45) is 0 Å². The Morgan fingerprint density at radius 1 is 1.25 bits per heavy atom. The standard InChI is InChI=1S/C10H5BCl2F3INO.K/c12-6-3-7(17)10(19-4-11(14,15)16)9-5(6)1-2-8(13)18-9;/h1-3H,4H2;/q-1;+1. The van der Waals surface area contributed by atoms with E-state index in [2.05, 4.69) is 4.98 Å². The zero-order chi connectivity index (χ0) is 14.2. The molecule has 20 heavy (non-hydrogen) atoms. The minimum atomic E-state index is -5.04. The molecule has 1 aromatic heterocycles. The summed E-state index contributed by atoms with van der Waals surface area (Å²) >= 11 is 13.6. The summed E-state index contributed by atoms with van der Waals surface area (Å²) in [6.07, 6.45) is 0. The predicted molar refractivity (Wildman–Crippen MR) is 79.1 cm³/mol. The van der Waals surface area contributed by atoms with E-state index in [0.29, 0.717) is 14.0 Å². The third kappa shape index (κ3) is 4.87. The molecule has 0 radical (unpaired) electrons. The van der Waals surface area contributed by atoms with Crippen LogP contribution in [0.2, 0.25) is 10.2 Å². The third-order valence-electron chi connectivity index (χ3n) is 2.22. The van der Waals surface area contributed by atoms with Gasteiger partial charge in [0.25, 0.3) is 0 Å². The van der Waals surface area contributed by atoms with Crippen molar-refractivity contribution >= 4 is 63.7 Å². The molecule has 0 N–H and O–H groups in total. The van der Waals surface area contributed by atoms with Crippen LogP contribution in [0, 0.1) is 3.57 Å². The van der Waals surface area contributed by atoms with E-state index in [9.17, 15) is 12.9 Å². The monoisotopic (exact) mass is 459 g/mol. The van der Waals surface area contributed by atoms with Crippen LogP contribution in [0.1, 0.15) is 0 Å². The third-order valence-corrected chi connectivity index (χ3v) is 3.55. The first-order valence-electron chi connectivity index (χ1n) is 5.06. The van der Waals surface area contributed by atoms with E-state index in [4.69, 9.17) is 27.9 Å². The molecule has 0 bridgehead atoms. The molecule has 10 heteroatoms. The SMILES string of the molecule is F[B-](F)(F)COc1c(I)cc(Cl)c2ccc(Cl)nc12.[K+]. The smallest absolute Gasteiger partial charge is 0.519 e. The molecule has 1 aromatic carbocycles. The number of rotatable bonds is 3. The van der Waals surface area contributed by atoms with Crippen molar-refractivity contribution in [3.8, 4) is 5.75 Å². The zero-order valence-corrected chi connectivity index (χ0v) is 16.9. The van der Waals surface area contributed by atoms with Crippen LogP contribution in [0.5, 0.6) is 5.75 Å². The fourth-order valence-corrected chi connectivity index (χ4v) is 2.80. The number of benzene rings is 1. The maximum atomic E-state index is 12.3. The van der Waals surface area contributed by atoms with Crippen molar-refractivity contribution < 1.29 is 69.1 Å². The van der Waals surface area contributed by atoms with Crippen LogP contribution in [0.15, 0.2) is 18.2 Å². The zero-order valence-electron chi connectivity index (χ0n) is 10.1. The van der Waals surface area contributed by atoms with Crippen LogP contribution >= 0.6 is 45.8 Å². The van der Waals surface area contributed by atoms with Crippen molar-refractivity contribution in [3.05, 3.63) is 31.9 Å². The summed E-state index contributed by atoms with van der Waals surface area (Å²) in [5.41, 5.74) is 0.226. The van der Waals surface area contributed by atoms with Gasteiger partial charge in [-0.05, 0) is 40.8 Å². The fraction of sp³-hybridized carbons (Fsp3) is 0.100. The number of aromatic nitrogens is 1. The van der Waals surface area contributed by atoms with Gasteiger partial charge in [-0.1, -0.05) is 23.2 Å². The summed E-state index contributed by atoms with van der Waals surface area (Å²) in [5, 5.41) is 1.04. The van der Waals surface area contributed by atoms with Gasteiger partial charge in [-0.15, -0.1) is 0 Å². The Labute approximate surface area is 179 Å². The Hall–Kier alpha value is 1.23. The molecule has 0 aliphatic heterocycles. The molecule has 0 saturated heterocycles. The molecule has 0 saturated carbocycles. The van der Waals surface area contributed by atoms with Crippen LogP contribution in [0.4, 0.5) is 12.9 Å². The molecular formula is C10H5BCl2F3IKNO. The summed E-state index contributed by atoms with van der Waals surface area (Å²) in [5.74, 6) is 0.0432. The van der Waals surface area contributed by atoms with Crippen molar-refractivity contribution in [3.63, 3.8) is 0 Å². The van der Waals surface area contributed by atoms with Gasteiger partial charge < -0.3 is 17.7 Å². The van der Waals surface area contributed by atoms with Gasteiger partial charge >= 0.3 is 58.4 Å². The van der Waals surface area contributed by atoms with E-state index in [0.717, 1.165) is 0 Å². The van der Waals surface area contributed by atoms with Crippen molar-refractivity contribution in [1.29, 1.82) is 0 Å². The van der Waals surface area contributed by atoms with Crippen LogP contribution in [-0.2, 0) is 0 Å². The molecule has 0 unspecified atom stereocenters. The Kier molecular flexibility index (Phi) is 7.39. The second-order valence-electron chi connectivity index (χ2n) is 3.72. The molecule has 2 nitrogen and oxygen atoms in total. The van der Waals surface area contributed by atoms with Crippen LogP contribution in [0.3, 0.4) is 0 Å². The molecule has 0 fully saturated rings. The summed E-state index contributed by atoms with van der Waals surface area (Å²) in [6, 6.07) is 4.63. The van der Waals surface area contributed by atoms with Gasteiger partial charge in [0.15, 0.2) is 5.75 Å². The Balaban J connectivity index is 0.00000200. The Morgan fingerprint density at radius 3 is 2.50 bits per heavy atom. The molecule has 0 spiro atoms. The first-order chi connectivity index (χ1) is 8.78. The van der Waals surface area contributed by atoms with E-state index in [1.54, 1.807) is 6.07 Å². The second kappa shape index (κ2) is 7.67. The molecule has 2 aromatic rings. The number of hydrogen-bond acceptors (Lipinski definition) is 2. The first-order valence-corrected chi connectivity index (χ1v) is 6.89. The van der Waals surface area contributed by atoms with Crippen LogP contribution < -0.4 is 56.1 Å². The summed E-state index contributed by atoms with van der Waals surface area (Å²) < 4.78 is 42.2. The molecule has 2 rings (SSSR count). The number of pyridine rings is 1. The largest absolute Gasteiger partial charge is 1.00 e. The average Bonchev–Trinajstić information content (AvgIpc) is 2.26. The van der Waals surface area contributed by atoms with Gasteiger partial charge in [-0.2, -0.15) is 0 Å². The van der Waals surface area contributed by atoms with Gasteiger partial charge in [0.1, 0.15) is 10.7 Å². The first kappa shape index (κ1) is 19.3. The van der Waals surface area contributed by atoms with Crippen LogP contribution in [0.25, 0.3) is 10.9 Å². The Morgan fingerprint density at radius 2 is 1.90 bits per heavy atom. The fourth-order valence-electron chi connectivity index (χ4n) is 1.48. The number of nitrogens with zero attached hydrogens (tertiary/aromatic N) is 1. The van der Waals surface area contributed by atoms with E-state index in [1.807, 2.05) is 22.6 Å². The molecule has 0 aliphatic carbocycles. The number of hydrogen-bond donors (Lipinski definition) is 0. The van der Waals surface area contributed by atoms with Gasteiger partial charge in [-0.3, -0.25) is 0 Å².